The van der Waals surface area contributed by atoms with Gasteiger partial charge in [-0.3, -0.25) is 14.2 Å². The van der Waals surface area contributed by atoms with Gasteiger partial charge in [-0.15, -0.1) is 11.3 Å². The van der Waals surface area contributed by atoms with Crippen molar-refractivity contribution in [3.63, 3.8) is 0 Å². The maximum absolute atomic E-state index is 13.4. The van der Waals surface area contributed by atoms with Crippen molar-refractivity contribution < 1.29 is 9.90 Å². The van der Waals surface area contributed by atoms with Crippen LogP contribution in [0.4, 0.5) is 0 Å². The van der Waals surface area contributed by atoms with E-state index in [4.69, 9.17) is 21.7 Å². The molecule has 5 nitrogen and oxygen atoms in total. The molecule has 0 bridgehead atoms. The van der Waals surface area contributed by atoms with Crippen LogP contribution in [-0.2, 0) is 17.6 Å². The maximum Gasteiger partial charge on any atom is 0.304 e. The second-order valence-electron chi connectivity index (χ2n) is 6.39. The smallest absolute Gasteiger partial charge is 0.304 e. The molecule has 1 aliphatic carbocycles. The molecule has 0 fully saturated rings. The van der Waals surface area contributed by atoms with Crippen molar-refractivity contribution >= 4 is 50.9 Å². The second kappa shape index (κ2) is 7.66. The Morgan fingerprint density at radius 2 is 2.00 bits per heavy atom. The predicted octanol–water partition coefficient (Wildman–Crippen LogP) is 4.55. The first-order valence-corrected chi connectivity index (χ1v) is 10.9. The number of aromatic nitrogens is 2. The summed E-state index contributed by atoms with van der Waals surface area (Å²) >= 11 is 8.89. The third-order valence-electron chi connectivity index (χ3n) is 4.59. The van der Waals surface area contributed by atoms with Crippen molar-refractivity contribution in [3.8, 4) is 5.69 Å². The highest BCUT2D eigenvalue weighted by Crippen LogP contribution is 2.35. The number of aryl methyl sites for hydroxylation is 2. The van der Waals surface area contributed by atoms with Gasteiger partial charge in [0.1, 0.15) is 4.83 Å². The number of halogens is 1. The van der Waals surface area contributed by atoms with Crippen molar-refractivity contribution in [1.29, 1.82) is 0 Å². The molecule has 1 aromatic carbocycles. The van der Waals surface area contributed by atoms with E-state index >= 15 is 0 Å². The number of thiophene rings is 1. The number of rotatable bonds is 5. The fourth-order valence-electron chi connectivity index (χ4n) is 3.33. The summed E-state index contributed by atoms with van der Waals surface area (Å²) in [5, 5.41) is 10.8. The molecule has 140 valence electrons. The van der Waals surface area contributed by atoms with Crippen LogP contribution in [0, 0.1) is 0 Å². The lowest BCUT2D eigenvalue weighted by Crippen LogP contribution is -2.22. The fraction of sp³-hybridized carbons (Fsp3) is 0.316. The van der Waals surface area contributed by atoms with Crippen molar-refractivity contribution in [3.05, 3.63) is 50.1 Å². The van der Waals surface area contributed by atoms with Gasteiger partial charge in [0.25, 0.3) is 5.56 Å². The number of carboxylic acids is 1. The van der Waals surface area contributed by atoms with Crippen LogP contribution in [0.5, 0.6) is 0 Å². The summed E-state index contributed by atoms with van der Waals surface area (Å²) in [6.07, 6.45) is 4.16. The lowest BCUT2D eigenvalue weighted by Gasteiger charge is -2.13. The molecule has 27 heavy (non-hydrogen) atoms. The van der Waals surface area contributed by atoms with E-state index < -0.39 is 5.97 Å². The quantitative estimate of drug-likeness (QED) is 0.484. The Morgan fingerprint density at radius 1 is 1.26 bits per heavy atom. The van der Waals surface area contributed by atoms with Gasteiger partial charge in [0.2, 0.25) is 0 Å². The third-order valence-corrected chi connectivity index (χ3v) is 6.97. The van der Waals surface area contributed by atoms with E-state index in [1.54, 1.807) is 40.2 Å². The minimum absolute atomic E-state index is 0.0140. The fourth-order valence-corrected chi connectivity index (χ4v) is 5.70. The number of nitrogens with zero attached hydrogens (tertiary/aromatic N) is 2. The van der Waals surface area contributed by atoms with Crippen LogP contribution < -0.4 is 5.56 Å². The van der Waals surface area contributed by atoms with Gasteiger partial charge >= 0.3 is 5.97 Å². The maximum atomic E-state index is 13.4. The van der Waals surface area contributed by atoms with Crippen LogP contribution in [0.25, 0.3) is 15.9 Å². The number of benzene rings is 1. The zero-order valence-electron chi connectivity index (χ0n) is 14.4. The molecule has 1 aliphatic rings. The van der Waals surface area contributed by atoms with E-state index in [2.05, 4.69) is 0 Å². The molecule has 4 rings (SSSR count). The average Bonchev–Trinajstić information content (AvgIpc) is 3.01. The number of aliphatic carboxylic acids is 1. The first kappa shape index (κ1) is 18.5. The first-order valence-electron chi connectivity index (χ1n) is 8.72. The minimum Gasteiger partial charge on any atom is -0.481 e. The van der Waals surface area contributed by atoms with Gasteiger partial charge in [0.15, 0.2) is 5.16 Å². The number of hydrogen-bond donors (Lipinski definition) is 1. The van der Waals surface area contributed by atoms with E-state index in [0.29, 0.717) is 27.0 Å². The molecule has 0 radical (unpaired) electrons. The zero-order valence-corrected chi connectivity index (χ0v) is 16.8. The van der Waals surface area contributed by atoms with Crippen LogP contribution in [0.1, 0.15) is 29.7 Å². The average molecular weight is 421 g/mol. The second-order valence-corrected chi connectivity index (χ2v) is 8.98. The third kappa shape index (κ3) is 3.63. The van der Waals surface area contributed by atoms with Crippen molar-refractivity contribution in [2.75, 3.05) is 5.75 Å². The Kier molecular flexibility index (Phi) is 5.25. The van der Waals surface area contributed by atoms with Gasteiger partial charge in [-0.25, -0.2) is 4.98 Å². The number of hydrogen-bond acceptors (Lipinski definition) is 5. The summed E-state index contributed by atoms with van der Waals surface area (Å²) in [7, 11) is 0. The molecule has 0 saturated heterocycles. The highest BCUT2D eigenvalue weighted by atomic mass is 35.5. The number of thioether (sulfide) groups is 1. The minimum atomic E-state index is -0.865. The Bertz CT molecular complexity index is 1070. The number of fused-ring (bicyclic) bond motifs is 3. The lowest BCUT2D eigenvalue weighted by atomic mass is 9.97. The number of carbonyl (C=O) groups is 1. The lowest BCUT2D eigenvalue weighted by molar-refractivity contribution is -0.136. The predicted molar refractivity (Wildman–Crippen MR) is 110 cm³/mol. The largest absolute Gasteiger partial charge is 0.481 e. The zero-order chi connectivity index (χ0) is 19.0. The Morgan fingerprint density at radius 3 is 2.74 bits per heavy atom. The molecule has 8 heteroatoms. The van der Waals surface area contributed by atoms with Gasteiger partial charge in [0, 0.05) is 15.7 Å². The molecule has 0 saturated carbocycles. The molecule has 0 amide bonds. The highest BCUT2D eigenvalue weighted by Gasteiger charge is 2.23. The Hall–Kier alpha value is -1.83. The van der Waals surface area contributed by atoms with Crippen LogP contribution in [0.15, 0.2) is 34.2 Å². The van der Waals surface area contributed by atoms with Crippen molar-refractivity contribution in [2.24, 2.45) is 0 Å². The highest BCUT2D eigenvalue weighted by molar-refractivity contribution is 7.99. The normalized spacial score (nSPS) is 13.7. The Balaban J connectivity index is 1.90. The summed E-state index contributed by atoms with van der Waals surface area (Å²) in [6, 6.07) is 7.05. The van der Waals surface area contributed by atoms with Gasteiger partial charge < -0.3 is 5.11 Å². The molecule has 0 atom stereocenters. The van der Waals surface area contributed by atoms with Gasteiger partial charge in [-0.05, 0) is 55.5 Å². The molecular weight excluding hydrogens is 404 g/mol. The van der Waals surface area contributed by atoms with Crippen molar-refractivity contribution in [2.45, 2.75) is 37.3 Å². The monoisotopic (exact) mass is 420 g/mol. The van der Waals surface area contributed by atoms with Gasteiger partial charge in [-0.2, -0.15) is 0 Å². The van der Waals surface area contributed by atoms with Crippen LogP contribution in [0.2, 0.25) is 5.02 Å². The van der Waals surface area contributed by atoms with Crippen LogP contribution in [0.3, 0.4) is 0 Å². The summed E-state index contributed by atoms with van der Waals surface area (Å²) in [4.78, 5) is 31.1. The summed E-state index contributed by atoms with van der Waals surface area (Å²) in [6.45, 7) is 0. The standard InChI is InChI=1S/C19H17ClN2O3S2/c20-11-5-7-12(8-6-11)22-18(25)16-13-3-1-2-4-14(13)27-17(16)21-19(22)26-10-9-15(23)24/h5-8H,1-4,9-10H2,(H,23,24). The molecule has 2 aromatic heterocycles. The molecule has 3 aromatic rings. The molecule has 1 N–H and O–H groups in total. The summed E-state index contributed by atoms with van der Waals surface area (Å²) in [5.41, 5.74) is 1.75. The molecule has 2 heterocycles. The number of carboxylic acid groups (broad SMARTS) is 1. The summed E-state index contributed by atoms with van der Waals surface area (Å²) < 4.78 is 1.59. The van der Waals surface area contributed by atoms with E-state index in [1.165, 1.54) is 16.6 Å². The van der Waals surface area contributed by atoms with Crippen LogP contribution >= 0.6 is 34.7 Å². The van der Waals surface area contributed by atoms with E-state index in [0.717, 1.165) is 36.1 Å². The van der Waals surface area contributed by atoms with E-state index in [9.17, 15) is 9.59 Å². The van der Waals surface area contributed by atoms with Gasteiger partial charge in [-0.1, -0.05) is 23.4 Å². The van der Waals surface area contributed by atoms with Crippen LogP contribution in [-0.4, -0.2) is 26.4 Å². The molecule has 0 aliphatic heterocycles. The topological polar surface area (TPSA) is 72.2 Å². The molecule has 0 unspecified atom stereocenters. The Labute approximate surface area is 169 Å². The van der Waals surface area contributed by atoms with E-state index in [1.807, 2.05) is 0 Å². The first-order chi connectivity index (χ1) is 13.0. The SMILES string of the molecule is O=C(O)CCSc1nc2sc3c(c2c(=O)n1-c1ccc(Cl)cc1)CCCC3. The molecular formula is C19H17ClN2O3S2. The van der Waals surface area contributed by atoms with Crippen molar-refractivity contribution in [1.82, 2.24) is 9.55 Å². The van der Waals surface area contributed by atoms with E-state index in [-0.39, 0.29) is 12.0 Å². The van der Waals surface area contributed by atoms with Gasteiger partial charge in [0.05, 0.1) is 17.5 Å². The molecule has 0 spiro atoms. The summed E-state index contributed by atoms with van der Waals surface area (Å²) in [5.74, 6) is -0.512.